The standard InChI is InChI=1S/C7H15N/c1-4-6-7-8(3)5-2/h6-7H,4-5H2,1-3H3. The molecule has 0 rings (SSSR count). The van der Waals surface area contributed by atoms with Crippen molar-refractivity contribution in [3.05, 3.63) is 12.3 Å². The molecular formula is C7H15N. The van der Waals surface area contributed by atoms with Crippen molar-refractivity contribution in [2.45, 2.75) is 20.3 Å². The van der Waals surface area contributed by atoms with Gasteiger partial charge in [0.05, 0.1) is 0 Å². The third kappa shape index (κ3) is 3.72. The summed E-state index contributed by atoms with van der Waals surface area (Å²) in [5, 5.41) is 0. The summed E-state index contributed by atoms with van der Waals surface area (Å²) in [6, 6.07) is 0. The highest BCUT2D eigenvalue weighted by molar-refractivity contribution is 4.77. The van der Waals surface area contributed by atoms with Gasteiger partial charge in [0.1, 0.15) is 0 Å². The quantitative estimate of drug-likeness (QED) is 0.540. The molecule has 0 aromatic rings. The van der Waals surface area contributed by atoms with Gasteiger partial charge in [0.15, 0.2) is 0 Å². The van der Waals surface area contributed by atoms with Crippen LogP contribution in [-0.2, 0) is 0 Å². The van der Waals surface area contributed by atoms with E-state index in [2.05, 4.69) is 38.1 Å². The van der Waals surface area contributed by atoms with Crippen LogP contribution in [0.5, 0.6) is 0 Å². The van der Waals surface area contributed by atoms with E-state index in [1.165, 1.54) is 0 Å². The molecule has 1 heteroatoms. The molecule has 0 amide bonds. The Kier molecular flexibility index (Phi) is 4.42. The lowest BCUT2D eigenvalue weighted by molar-refractivity contribution is 0.482. The zero-order valence-electron chi connectivity index (χ0n) is 6.02. The molecule has 0 saturated carbocycles. The van der Waals surface area contributed by atoms with Gasteiger partial charge in [0.25, 0.3) is 0 Å². The maximum atomic E-state index is 2.16. The fraction of sp³-hybridized carbons (Fsp3) is 0.714. The second kappa shape index (κ2) is 4.69. The average molecular weight is 113 g/mol. The molecule has 8 heavy (non-hydrogen) atoms. The van der Waals surface area contributed by atoms with E-state index in [-0.39, 0.29) is 0 Å². The van der Waals surface area contributed by atoms with E-state index in [4.69, 9.17) is 0 Å². The summed E-state index contributed by atoms with van der Waals surface area (Å²) in [6.45, 7) is 5.37. The van der Waals surface area contributed by atoms with Crippen molar-refractivity contribution in [3.8, 4) is 0 Å². The highest BCUT2D eigenvalue weighted by Crippen LogP contribution is 1.84. The van der Waals surface area contributed by atoms with Gasteiger partial charge in [-0.25, -0.2) is 0 Å². The zero-order valence-corrected chi connectivity index (χ0v) is 6.02. The molecule has 0 spiro atoms. The normalized spacial score (nSPS) is 10.4. The van der Waals surface area contributed by atoms with Gasteiger partial charge >= 0.3 is 0 Å². The summed E-state index contributed by atoms with van der Waals surface area (Å²) in [6.07, 6.45) is 5.40. The highest BCUT2D eigenvalue weighted by Gasteiger charge is 1.78. The lowest BCUT2D eigenvalue weighted by Crippen LogP contribution is -2.07. The first-order valence-electron chi connectivity index (χ1n) is 3.18. The van der Waals surface area contributed by atoms with Gasteiger partial charge in [-0.2, -0.15) is 0 Å². The van der Waals surface area contributed by atoms with Crippen LogP contribution in [0.15, 0.2) is 12.3 Å². The van der Waals surface area contributed by atoms with Gasteiger partial charge in [0, 0.05) is 13.6 Å². The molecule has 0 bridgehead atoms. The molecule has 0 atom stereocenters. The lowest BCUT2D eigenvalue weighted by atomic mass is 10.4. The van der Waals surface area contributed by atoms with Crippen molar-refractivity contribution in [2.75, 3.05) is 13.6 Å². The van der Waals surface area contributed by atoms with E-state index in [1.54, 1.807) is 0 Å². The molecule has 0 aliphatic carbocycles. The minimum Gasteiger partial charge on any atom is -0.381 e. The van der Waals surface area contributed by atoms with Crippen molar-refractivity contribution < 1.29 is 0 Å². The average Bonchev–Trinajstić information content (AvgIpc) is 1.83. The second-order valence-electron chi connectivity index (χ2n) is 1.87. The van der Waals surface area contributed by atoms with Gasteiger partial charge in [-0.05, 0) is 19.5 Å². The summed E-state index contributed by atoms with van der Waals surface area (Å²) < 4.78 is 0. The first-order chi connectivity index (χ1) is 3.81. The number of hydrogen-bond donors (Lipinski definition) is 0. The summed E-state index contributed by atoms with van der Waals surface area (Å²) in [5.74, 6) is 0. The van der Waals surface area contributed by atoms with E-state index >= 15 is 0 Å². The van der Waals surface area contributed by atoms with Crippen LogP contribution in [-0.4, -0.2) is 18.5 Å². The molecule has 0 fully saturated rings. The predicted molar refractivity (Wildman–Crippen MR) is 37.7 cm³/mol. The molecular weight excluding hydrogens is 98.1 g/mol. The first-order valence-corrected chi connectivity index (χ1v) is 3.18. The van der Waals surface area contributed by atoms with Crippen molar-refractivity contribution in [2.24, 2.45) is 0 Å². The summed E-state index contributed by atoms with van der Waals surface area (Å²) in [4.78, 5) is 2.16. The molecule has 0 aromatic heterocycles. The van der Waals surface area contributed by atoms with Gasteiger partial charge in [-0.15, -0.1) is 0 Å². The Hall–Kier alpha value is -0.460. The Bertz CT molecular complexity index is 66.8. The van der Waals surface area contributed by atoms with Crippen LogP contribution >= 0.6 is 0 Å². The van der Waals surface area contributed by atoms with Gasteiger partial charge in [-0.1, -0.05) is 13.0 Å². The summed E-state index contributed by atoms with van der Waals surface area (Å²) in [5.41, 5.74) is 0. The topological polar surface area (TPSA) is 3.24 Å². The maximum Gasteiger partial charge on any atom is 0.0140 e. The van der Waals surface area contributed by atoms with Crippen LogP contribution in [0.3, 0.4) is 0 Å². The molecule has 0 N–H and O–H groups in total. The number of nitrogens with zero attached hydrogens (tertiary/aromatic N) is 1. The zero-order chi connectivity index (χ0) is 6.41. The first kappa shape index (κ1) is 7.54. The predicted octanol–water partition coefficient (Wildman–Crippen LogP) is 1.86. The van der Waals surface area contributed by atoms with E-state index in [0.717, 1.165) is 13.0 Å². The van der Waals surface area contributed by atoms with E-state index < -0.39 is 0 Å². The second-order valence-corrected chi connectivity index (χ2v) is 1.87. The SMILES string of the molecule is CCC=CN(C)CC. The van der Waals surface area contributed by atoms with Crippen LogP contribution in [0.4, 0.5) is 0 Å². The van der Waals surface area contributed by atoms with Crippen LogP contribution < -0.4 is 0 Å². The van der Waals surface area contributed by atoms with E-state index in [0.29, 0.717) is 0 Å². The van der Waals surface area contributed by atoms with Gasteiger partial charge < -0.3 is 4.90 Å². The molecule has 0 aliphatic rings. The molecule has 0 aliphatic heterocycles. The van der Waals surface area contributed by atoms with Crippen molar-refractivity contribution in [3.63, 3.8) is 0 Å². The molecule has 0 aromatic carbocycles. The Balaban J connectivity index is 3.21. The van der Waals surface area contributed by atoms with Gasteiger partial charge in [-0.3, -0.25) is 0 Å². The minimum absolute atomic E-state index is 1.09. The fourth-order valence-electron chi connectivity index (χ4n) is 0.391. The number of rotatable bonds is 3. The Labute approximate surface area is 52.0 Å². The van der Waals surface area contributed by atoms with Crippen LogP contribution in [0.1, 0.15) is 20.3 Å². The molecule has 0 heterocycles. The number of hydrogen-bond acceptors (Lipinski definition) is 1. The molecule has 0 radical (unpaired) electrons. The largest absolute Gasteiger partial charge is 0.381 e. The van der Waals surface area contributed by atoms with E-state index in [9.17, 15) is 0 Å². The fourth-order valence-corrected chi connectivity index (χ4v) is 0.391. The molecule has 48 valence electrons. The lowest BCUT2D eigenvalue weighted by Gasteiger charge is -2.07. The van der Waals surface area contributed by atoms with Crippen molar-refractivity contribution in [1.82, 2.24) is 4.90 Å². The van der Waals surface area contributed by atoms with E-state index in [1.807, 2.05) is 0 Å². The van der Waals surface area contributed by atoms with Crippen LogP contribution in [0.25, 0.3) is 0 Å². The highest BCUT2D eigenvalue weighted by atomic mass is 15.1. The third-order valence-electron chi connectivity index (χ3n) is 1.09. The van der Waals surface area contributed by atoms with Crippen molar-refractivity contribution in [1.29, 1.82) is 0 Å². The van der Waals surface area contributed by atoms with Crippen molar-refractivity contribution >= 4 is 0 Å². The van der Waals surface area contributed by atoms with Crippen LogP contribution in [0.2, 0.25) is 0 Å². The summed E-state index contributed by atoms with van der Waals surface area (Å²) >= 11 is 0. The third-order valence-corrected chi connectivity index (χ3v) is 1.09. The smallest absolute Gasteiger partial charge is 0.0140 e. The monoisotopic (exact) mass is 113 g/mol. The summed E-state index contributed by atoms with van der Waals surface area (Å²) in [7, 11) is 2.08. The molecule has 0 saturated heterocycles. The van der Waals surface area contributed by atoms with Crippen LogP contribution in [0, 0.1) is 0 Å². The minimum atomic E-state index is 1.09. The molecule has 1 nitrogen and oxygen atoms in total. The maximum absolute atomic E-state index is 2.16. The Morgan fingerprint density at radius 3 is 2.38 bits per heavy atom. The Morgan fingerprint density at radius 1 is 1.38 bits per heavy atom. The number of allylic oxidation sites excluding steroid dienone is 1. The Morgan fingerprint density at radius 2 is 2.00 bits per heavy atom. The molecule has 0 unspecified atom stereocenters. The van der Waals surface area contributed by atoms with Gasteiger partial charge in [0.2, 0.25) is 0 Å².